The van der Waals surface area contributed by atoms with Crippen molar-refractivity contribution in [1.82, 2.24) is 4.98 Å². The molecule has 2 rings (SSSR count). The van der Waals surface area contributed by atoms with Crippen molar-refractivity contribution < 1.29 is 14.3 Å². The highest BCUT2D eigenvalue weighted by atomic mass is 32.1. The van der Waals surface area contributed by atoms with Crippen LogP contribution in [-0.2, 0) is 9.53 Å². The van der Waals surface area contributed by atoms with Crippen molar-refractivity contribution >= 4 is 18.4 Å². The summed E-state index contributed by atoms with van der Waals surface area (Å²) in [6.45, 7) is 2.53. The quantitative estimate of drug-likeness (QED) is 0.600. The van der Waals surface area contributed by atoms with Crippen LogP contribution in [0.1, 0.15) is 6.92 Å². The van der Waals surface area contributed by atoms with Crippen LogP contribution in [0.2, 0.25) is 0 Å². The monoisotopic (exact) mass is 317 g/mol. The van der Waals surface area contributed by atoms with Gasteiger partial charge in [-0.3, -0.25) is 9.78 Å². The summed E-state index contributed by atoms with van der Waals surface area (Å²) in [6.07, 6.45) is 1.68. The standard InChI is InChI=1S/C17H19NO3S/c1-13(22)17(19)12-20-9-10-21-15-7-8-16(18-11-15)14-5-3-2-4-6-14/h2-8,11,13,22H,9-10,12H2,1H3. The van der Waals surface area contributed by atoms with Gasteiger partial charge in [-0.05, 0) is 19.1 Å². The minimum Gasteiger partial charge on any atom is -0.490 e. The number of carbonyl (C=O) groups excluding carboxylic acids is 1. The molecule has 2 aromatic rings. The summed E-state index contributed by atoms with van der Waals surface area (Å²) >= 11 is 4.05. The lowest BCUT2D eigenvalue weighted by molar-refractivity contribution is -0.122. The molecule has 4 nitrogen and oxygen atoms in total. The van der Waals surface area contributed by atoms with E-state index in [1.807, 2.05) is 42.5 Å². The first-order valence-corrected chi connectivity index (χ1v) is 7.61. The van der Waals surface area contributed by atoms with Crippen molar-refractivity contribution in [2.75, 3.05) is 19.8 Å². The third-order valence-electron chi connectivity index (χ3n) is 3.01. The Morgan fingerprint density at radius 3 is 2.59 bits per heavy atom. The molecule has 116 valence electrons. The lowest BCUT2D eigenvalue weighted by atomic mass is 10.1. The van der Waals surface area contributed by atoms with Gasteiger partial charge in [-0.1, -0.05) is 30.3 Å². The fourth-order valence-corrected chi connectivity index (χ4v) is 1.83. The molecule has 1 aromatic carbocycles. The van der Waals surface area contributed by atoms with E-state index in [1.54, 1.807) is 13.1 Å². The lowest BCUT2D eigenvalue weighted by Gasteiger charge is -2.08. The molecular weight excluding hydrogens is 298 g/mol. The second kappa shape index (κ2) is 8.56. The van der Waals surface area contributed by atoms with Crippen LogP contribution in [0.4, 0.5) is 0 Å². The van der Waals surface area contributed by atoms with Gasteiger partial charge in [-0.2, -0.15) is 12.6 Å². The van der Waals surface area contributed by atoms with E-state index in [4.69, 9.17) is 9.47 Å². The third-order valence-corrected chi connectivity index (χ3v) is 3.30. The molecule has 0 bridgehead atoms. The number of Topliss-reactive ketones (excluding diaryl/α,β-unsaturated/α-hetero) is 1. The Balaban J connectivity index is 1.74. The number of pyridine rings is 1. The number of thiol groups is 1. The Labute approximate surface area is 135 Å². The Hall–Kier alpha value is -1.85. The summed E-state index contributed by atoms with van der Waals surface area (Å²) in [7, 11) is 0. The summed E-state index contributed by atoms with van der Waals surface area (Å²) < 4.78 is 10.7. The van der Waals surface area contributed by atoms with Gasteiger partial charge in [-0.25, -0.2) is 0 Å². The number of nitrogens with zero attached hydrogens (tertiary/aromatic N) is 1. The molecule has 0 N–H and O–H groups in total. The molecule has 0 aliphatic carbocycles. The summed E-state index contributed by atoms with van der Waals surface area (Å²) in [5.74, 6) is 0.648. The normalized spacial score (nSPS) is 11.9. The molecule has 0 aliphatic rings. The van der Waals surface area contributed by atoms with Crippen molar-refractivity contribution in [2.45, 2.75) is 12.2 Å². The molecule has 0 aliphatic heterocycles. The zero-order chi connectivity index (χ0) is 15.8. The van der Waals surface area contributed by atoms with Gasteiger partial charge in [0.25, 0.3) is 0 Å². The summed E-state index contributed by atoms with van der Waals surface area (Å²) in [5, 5.41) is -0.296. The third kappa shape index (κ3) is 5.16. The molecule has 1 aromatic heterocycles. The highest BCUT2D eigenvalue weighted by molar-refractivity contribution is 7.81. The van der Waals surface area contributed by atoms with E-state index in [-0.39, 0.29) is 17.6 Å². The molecule has 0 spiro atoms. The average Bonchev–Trinajstić information content (AvgIpc) is 2.55. The fourth-order valence-electron chi connectivity index (χ4n) is 1.76. The van der Waals surface area contributed by atoms with Gasteiger partial charge in [0, 0.05) is 5.56 Å². The molecule has 1 heterocycles. The molecule has 1 unspecified atom stereocenters. The van der Waals surface area contributed by atoms with E-state index in [9.17, 15) is 4.79 Å². The molecule has 0 radical (unpaired) electrons. The number of rotatable bonds is 8. The molecule has 0 saturated heterocycles. The number of ketones is 1. The highest BCUT2D eigenvalue weighted by Crippen LogP contribution is 2.18. The maximum absolute atomic E-state index is 11.3. The van der Waals surface area contributed by atoms with Crippen LogP contribution in [0.25, 0.3) is 11.3 Å². The van der Waals surface area contributed by atoms with Crippen molar-refractivity contribution in [1.29, 1.82) is 0 Å². The molecule has 5 heteroatoms. The van der Waals surface area contributed by atoms with Crippen LogP contribution >= 0.6 is 12.6 Å². The molecule has 0 saturated carbocycles. The van der Waals surface area contributed by atoms with E-state index in [0.29, 0.717) is 19.0 Å². The Morgan fingerprint density at radius 1 is 1.18 bits per heavy atom. The van der Waals surface area contributed by atoms with Crippen molar-refractivity contribution in [3.8, 4) is 17.0 Å². The van der Waals surface area contributed by atoms with Gasteiger partial charge in [0.1, 0.15) is 19.0 Å². The van der Waals surface area contributed by atoms with Gasteiger partial charge in [0.15, 0.2) is 5.78 Å². The van der Waals surface area contributed by atoms with Gasteiger partial charge in [0.05, 0.1) is 23.7 Å². The van der Waals surface area contributed by atoms with Gasteiger partial charge in [-0.15, -0.1) is 0 Å². The molecule has 0 amide bonds. The Morgan fingerprint density at radius 2 is 1.95 bits per heavy atom. The summed E-state index contributed by atoms with van der Waals surface area (Å²) in [6, 6.07) is 13.7. The maximum atomic E-state index is 11.3. The second-order valence-electron chi connectivity index (χ2n) is 4.79. The zero-order valence-corrected chi connectivity index (χ0v) is 13.3. The summed E-state index contributed by atoms with van der Waals surface area (Å²) in [4.78, 5) is 15.7. The minimum atomic E-state index is -0.296. The fraction of sp³-hybridized carbons (Fsp3) is 0.294. The highest BCUT2D eigenvalue weighted by Gasteiger charge is 2.07. The Kier molecular flexibility index (Phi) is 6.43. The van der Waals surface area contributed by atoms with Crippen LogP contribution in [-0.4, -0.2) is 35.8 Å². The topological polar surface area (TPSA) is 48.4 Å². The van der Waals surface area contributed by atoms with Crippen molar-refractivity contribution in [3.63, 3.8) is 0 Å². The van der Waals surface area contributed by atoms with E-state index in [2.05, 4.69) is 17.6 Å². The Bertz CT molecular complexity index is 585. The van der Waals surface area contributed by atoms with Crippen LogP contribution in [0.5, 0.6) is 5.75 Å². The number of hydrogen-bond acceptors (Lipinski definition) is 5. The van der Waals surface area contributed by atoms with Gasteiger partial charge in [0.2, 0.25) is 0 Å². The number of carbonyl (C=O) groups is 1. The van der Waals surface area contributed by atoms with E-state index >= 15 is 0 Å². The SMILES string of the molecule is CC(S)C(=O)COCCOc1ccc(-c2ccccc2)nc1. The first kappa shape index (κ1) is 16.5. The number of ether oxygens (including phenoxy) is 2. The van der Waals surface area contributed by atoms with E-state index < -0.39 is 0 Å². The van der Waals surface area contributed by atoms with E-state index in [0.717, 1.165) is 11.3 Å². The lowest BCUT2D eigenvalue weighted by Crippen LogP contribution is -2.19. The van der Waals surface area contributed by atoms with Crippen molar-refractivity contribution in [2.24, 2.45) is 0 Å². The number of aromatic nitrogens is 1. The molecule has 1 atom stereocenters. The summed E-state index contributed by atoms with van der Waals surface area (Å²) in [5.41, 5.74) is 1.97. The predicted octanol–water partition coefficient (Wildman–Crippen LogP) is 3.03. The number of benzene rings is 1. The van der Waals surface area contributed by atoms with Gasteiger partial charge < -0.3 is 9.47 Å². The molecule has 22 heavy (non-hydrogen) atoms. The van der Waals surface area contributed by atoms with E-state index in [1.165, 1.54) is 0 Å². The molecular formula is C17H19NO3S. The van der Waals surface area contributed by atoms with Crippen LogP contribution in [0.15, 0.2) is 48.7 Å². The van der Waals surface area contributed by atoms with Crippen molar-refractivity contribution in [3.05, 3.63) is 48.7 Å². The zero-order valence-electron chi connectivity index (χ0n) is 12.4. The minimum absolute atomic E-state index is 0.0304. The van der Waals surface area contributed by atoms with Crippen LogP contribution < -0.4 is 4.74 Å². The smallest absolute Gasteiger partial charge is 0.170 e. The van der Waals surface area contributed by atoms with Crippen LogP contribution in [0.3, 0.4) is 0 Å². The van der Waals surface area contributed by atoms with Crippen LogP contribution in [0, 0.1) is 0 Å². The average molecular weight is 317 g/mol. The predicted molar refractivity (Wildman–Crippen MR) is 89.4 cm³/mol. The second-order valence-corrected chi connectivity index (χ2v) is 5.56. The molecule has 0 fully saturated rings. The first-order chi connectivity index (χ1) is 10.7. The largest absolute Gasteiger partial charge is 0.490 e. The first-order valence-electron chi connectivity index (χ1n) is 7.09. The van der Waals surface area contributed by atoms with Gasteiger partial charge >= 0.3 is 0 Å². The number of hydrogen-bond donors (Lipinski definition) is 1. The maximum Gasteiger partial charge on any atom is 0.170 e.